The Balaban J connectivity index is 2.44. The fraction of sp³-hybridized carbons (Fsp3) is 0.0714. The molecule has 90 valence electrons. The van der Waals surface area contributed by atoms with Crippen molar-refractivity contribution < 1.29 is 4.74 Å². The maximum absolute atomic E-state index is 9.11. The van der Waals surface area contributed by atoms with E-state index in [1.165, 1.54) is 0 Å². The Hall–Kier alpha value is -1.50. The Kier molecular flexibility index (Phi) is 3.90. The zero-order valence-corrected chi connectivity index (χ0v) is 11.9. The van der Waals surface area contributed by atoms with Crippen LogP contribution in [0.3, 0.4) is 0 Å². The SMILES string of the molecule is Cc1ccc(Cl)c(Oc2cccc(Br)c2C#N)c1. The molecule has 2 nitrogen and oxygen atoms in total. The lowest BCUT2D eigenvalue weighted by atomic mass is 10.2. The summed E-state index contributed by atoms with van der Waals surface area (Å²) >= 11 is 9.38. The van der Waals surface area contributed by atoms with Crippen LogP contribution in [0.5, 0.6) is 11.5 Å². The number of rotatable bonds is 2. The van der Waals surface area contributed by atoms with Gasteiger partial charge in [-0.05, 0) is 52.7 Å². The van der Waals surface area contributed by atoms with Crippen LogP contribution in [0.2, 0.25) is 5.02 Å². The van der Waals surface area contributed by atoms with Crippen molar-refractivity contribution in [2.24, 2.45) is 0 Å². The maximum Gasteiger partial charge on any atom is 0.146 e. The van der Waals surface area contributed by atoms with Gasteiger partial charge in [0.25, 0.3) is 0 Å². The van der Waals surface area contributed by atoms with Gasteiger partial charge in [0.15, 0.2) is 0 Å². The van der Waals surface area contributed by atoms with Crippen molar-refractivity contribution in [2.45, 2.75) is 6.92 Å². The molecule has 0 N–H and O–H groups in total. The van der Waals surface area contributed by atoms with E-state index < -0.39 is 0 Å². The molecule has 0 aliphatic heterocycles. The van der Waals surface area contributed by atoms with Crippen molar-refractivity contribution >= 4 is 27.5 Å². The first-order valence-electron chi connectivity index (χ1n) is 5.24. The molecule has 0 saturated carbocycles. The molecule has 0 aliphatic rings. The summed E-state index contributed by atoms with van der Waals surface area (Å²) in [5, 5.41) is 9.63. The highest BCUT2D eigenvalue weighted by atomic mass is 79.9. The Bertz CT molecular complexity index is 634. The van der Waals surface area contributed by atoms with Crippen LogP contribution >= 0.6 is 27.5 Å². The van der Waals surface area contributed by atoms with Crippen molar-refractivity contribution in [1.82, 2.24) is 0 Å². The molecule has 2 aromatic rings. The predicted octanol–water partition coefficient (Wildman–Crippen LogP) is 5.07. The highest BCUT2D eigenvalue weighted by Crippen LogP contribution is 2.34. The number of nitrogens with zero attached hydrogens (tertiary/aromatic N) is 1. The molecule has 0 unspecified atom stereocenters. The molecule has 0 saturated heterocycles. The number of ether oxygens (including phenoxy) is 1. The summed E-state index contributed by atoms with van der Waals surface area (Å²) in [4.78, 5) is 0. The highest BCUT2D eigenvalue weighted by Gasteiger charge is 2.10. The zero-order valence-electron chi connectivity index (χ0n) is 9.58. The first-order valence-corrected chi connectivity index (χ1v) is 6.41. The van der Waals surface area contributed by atoms with Crippen LogP contribution in [0.4, 0.5) is 0 Å². The third kappa shape index (κ3) is 2.66. The second kappa shape index (κ2) is 5.43. The van der Waals surface area contributed by atoms with E-state index >= 15 is 0 Å². The Labute approximate surface area is 119 Å². The van der Waals surface area contributed by atoms with E-state index in [1.807, 2.05) is 25.1 Å². The number of aryl methyl sites for hydroxylation is 1. The Morgan fingerprint density at radius 2 is 2.00 bits per heavy atom. The molecule has 0 bridgehead atoms. The minimum atomic E-state index is 0.454. The highest BCUT2D eigenvalue weighted by molar-refractivity contribution is 9.10. The molecule has 0 radical (unpaired) electrons. The molecular formula is C14H9BrClNO. The van der Waals surface area contributed by atoms with Gasteiger partial charge in [0.2, 0.25) is 0 Å². The van der Waals surface area contributed by atoms with E-state index in [0.717, 1.165) is 5.56 Å². The molecule has 2 rings (SSSR count). The third-order valence-electron chi connectivity index (χ3n) is 2.39. The van der Waals surface area contributed by atoms with Crippen molar-refractivity contribution in [1.29, 1.82) is 5.26 Å². The fourth-order valence-electron chi connectivity index (χ4n) is 1.51. The number of halogens is 2. The van der Waals surface area contributed by atoms with Gasteiger partial charge < -0.3 is 4.74 Å². The molecule has 0 heterocycles. The molecule has 0 aliphatic carbocycles. The minimum Gasteiger partial charge on any atom is -0.454 e. The summed E-state index contributed by atoms with van der Waals surface area (Å²) in [7, 11) is 0. The molecule has 2 aromatic carbocycles. The van der Waals surface area contributed by atoms with E-state index in [9.17, 15) is 0 Å². The number of hydrogen-bond acceptors (Lipinski definition) is 2. The summed E-state index contributed by atoms with van der Waals surface area (Å²) in [6.45, 7) is 1.95. The number of benzene rings is 2. The van der Waals surface area contributed by atoms with Crippen LogP contribution in [0.15, 0.2) is 40.9 Å². The minimum absolute atomic E-state index is 0.454. The topological polar surface area (TPSA) is 33.0 Å². The van der Waals surface area contributed by atoms with Crippen LogP contribution < -0.4 is 4.74 Å². The van der Waals surface area contributed by atoms with Gasteiger partial charge in [-0.3, -0.25) is 0 Å². The fourth-order valence-corrected chi connectivity index (χ4v) is 2.10. The quantitative estimate of drug-likeness (QED) is 0.773. The van der Waals surface area contributed by atoms with Gasteiger partial charge in [0.1, 0.15) is 23.1 Å². The monoisotopic (exact) mass is 321 g/mol. The van der Waals surface area contributed by atoms with Crippen LogP contribution in [-0.2, 0) is 0 Å². The molecule has 0 atom stereocenters. The molecule has 18 heavy (non-hydrogen) atoms. The Morgan fingerprint density at radius 3 is 2.72 bits per heavy atom. The number of hydrogen-bond donors (Lipinski definition) is 0. The van der Waals surface area contributed by atoms with Crippen molar-refractivity contribution in [3.8, 4) is 17.6 Å². The average molecular weight is 323 g/mol. The van der Waals surface area contributed by atoms with E-state index in [0.29, 0.717) is 26.6 Å². The van der Waals surface area contributed by atoms with Crippen molar-refractivity contribution in [2.75, 3.05) is 0 Å². The van der Waals surface area contributed by atoms with E-state index in [1.54, 1.807) is 18.2 Å². The second-order valence-corrected chi connectivity index (χ2v) is 5.02. The van der Waals surface area contributed by atoms with Gasteiger partial charge in [0.05, 0.1) is 5.02 Å². The molecular weight excluding hydrogens is 314 g/mol. The second-order valence-electron chi connectivity index (χ2n) is 3.76. The van der Waals surface area contributed by atoms with Crippen LogP contribution in [0.25, 0.3) is 0 Å². The number of nitriles is 1. The first kappa shape index (κ1) is 12.9. The van der Waals surface area contributed by atoms with Crippen molar-refractivity contribution in [3.63, 3.8) is 0 Å². The lowest BCUT2D eigenvalue weighted by Gasteiger charge is -2.10. The molecule has 0 fully saturated rings. The zero-order chi connectivity index (χ0) is 13.1. The lowest BCUT2D eigenvalue weighted by Crippen LogP contribution is -1.90. The molecule has 0 aromatic heterocycles. The van der Waals surface area contributed by atoms with Gasteiger partial charge >= 0.3 is 0 Å². The molecule has 0 spiro atoms. The van der Waals surface area contributed by atoms with Gasteiger partial charge in [-0.25, -0.2) is 0 Å². The Morgan fingerprint density at radius 1 is 1.22 bits per heavy atom. The summed E-state index contributed by atoms with van der Waals surface area (Å²) in [6.07, 6.45) is 0. The predicted molar refractivity (Wildman–Crippen MR) is 75.1 cm³/mol. The van der Waals surface area contributed by atoms with Crippen LogP contribution in [-0.4, -0.2) is 0 Å². The first-order chi connectivity index (χ1) is 8.61. The van der Waals surface area contributed by atoms with E-state index in [-0.39, 0.29) is 0 Å². The van der Waals surface area contributed by atoms with E-state index in [4.69, 9.17) is 21.6 Å². The molecule has 0 amide bonds. The normalized spacial score (nSPS) is 9.89. The largest absolute Gasteiger partial charge is 0.454 e. The summed E-state index contributed by atoms with van der Waals surface area (Å²) in [6, 6.07) is 13.0. The van der Waals surface area contributed by atoms with Crippen LogP contribution in [0, 0.1) is 18.3 Å². The third-order valence-corrected chi connectivity index (χ3v) is 3.37. The molecule has 4 heteroatoms. The van der Waals surface area contributed by atoms with Gasteiger partial charge in [-0.1, -0.05) is 23.7 Å². The van der Waals surface area contributed by atoms with Gasteiger partial charge in [-0.15, -0.1) is 0 Å². The standard InChI is InChI=1S/C14H9BrClNO/c1-9-5-6-12(16)14(7-9)18-13-4-2-3-11(15)10(13)8-17/h2-7H,1H3. The van der Waals surface area contributed by atoms with E-state index in [2.05, 4.69) is 22.0 Å². The van der Waals surface area contributed by atoms with Crippen molar-refractivity contribution in [3.05, 3.63) is 57.0 Å². The summed E-state index contributed by atoms with van der Waals surface area (Å²) in [5.74, 6) is 1.03. The summed E-state index contributed by atoms with van der Waals surface area (Å²) < 4.78 is 6.41. The van der Waals surface area contributed by atoms with Crippen LogP contribution in [0.1, 0.15) is 11.1 Å². The lowest BCUT2D eigenvalue weighted by molar-refractivity contribution is 0.480. The van der Waals surface area contributed by atoms with Gasteiger partial charge in [0, 0.05) is 4.47 Å². The summed E-state index contributed by atoms with van der Waals surface area (Å²) in [5.41, 5.74) is 1.50. The smallest absolute Gasteiger partial charge is 0.146 e. The van der Waals surface area contributed by atoms with Gasteiger partial charge in [-0.2, -0.15) is 5.26 Å². The average Bonchev–Trinajstić information content (AvgIpc) is 2.34. The maximum atomic E-state index is 9.11.